The molecular weight excluding hydrogens is 320 g/mol. The number of hydrogen-bond donors (Lipinski definition) is 0. The van der Waals surface area contributed by atoms with E-state index in [2.05, 4.69) is 0 Å². The summed E-state index contributed by atoms with van der Waals surface area (Å²) in [4.78, 5) is 25.3. The Morgan fingerprint density at radius 3 is 2.48 bits per heavy atom. The van der Waals surface area contributed by atoms with E-state index in [1.807, 2.05) is 37.3 Å². The molecule has 0 atom stereocenters. The summed E-state index contributed by atoms with van der Waals surface area (Å²) in [6, 6.07) is 14.0. The molecule has 0 aliphatic carbocycles. The monoisotopic (exact) mass is 342 g/mol. The maximum Gasteiger partial charge on any atom is 0.311 e. The maximum atomic E-state index is 12.8. The lowest BCUT2D eigenvalue weighted by molar-refractivity contribution is -0.385. The van der Waals surface area contributed by atoms with Crippen molar-refractivity contribution < 1.29 is 14.5 Å². The minimum Gasteiger partial charge on any atom is -0.487 e. The molecular formula is C19H22N2O4. The number of carbonyl (C=O) groups is 1. The number of nitrogens with zero attached hydrogens (tertiary/aromatic N) is 2. The lowest BCUT2D eigenvalue weighted by atomic mass is 10.1. The van der Waals surface area contributed by atoms with Gasteiger partial charge in [0, 0.05) is 24.7 Å². The zero-order chi connectivity index (χ0) is 18.2. The molecule has 0 heterocycles. The number of amides is 1. The molecule has 2 aromatic rings. The number of hydrogen-bond acceptors (Lipinski definition) is 4. The van der Waals surface area contributed by atoms with Crippen molar-refractivity contribution in [2.75, 3.05) is 13.2 Å². The molecule has 0 radical (unpaired) electrons. The van der Waals surface area contributed by atoms with Crippen molar-refractivity contribution in [3.63, 3.8) is 0 Å². The Morgan fingerprint density at radius 2 is 1.88 bits per heavy atom. The molecule has 0 aliphatic rings. The number of nitro groups is 1. The quantitative estimate of drug-likeness (QED) is 0.536. The van der Waals surface area contributed by atoms with E-state index in [4.69, 9.17) is 4.74 Å². The van der Waals surface area contributed by atoms with Crippen LogP contribution >= 0.6 is 0 Å². The summed E-state index contributed by atoms with van der Waals surface area (Å²) < 4.78 is 5.27. The van der Waals surface area contributed by atoms with Gasteiger partial charge in [-0.3, -0.25) is 14.9 Å². The highest BCUT2D eigenvalue weighted by Gasteiger charge is 2.21. The lowest BCUT2D eigenvalue weighted by Crippen LogP contribution is -2.31. The van der Waals surface area contributed by atoms with Gasteiger partial charge in [0.2, 0.25) is 0 Å². The number of rotatable bonds is 8. The molecule has 1 amide bonds. The van der Waals surface area contributed by atoms with Crippen molar-refractivity contribution in [3.05, 3.63) is 69.8 Å². The van der Waals surface area contributed by atoms with Crippen molar-refractivity contribution in [1.82, 2.24) is 4.90 Å². The molecule has 2 aromatic carbocycles. The van der Waals surface area contributed by atoms with E-state index in [-0.39, 0.29) is 17.3 Å². The molecule has 0 fully saturated rings. The van der Waals surface area contributed by atoms with Crippen LogP contribution in [0.5, 0.6) is 5.75 Å². The molecule has 0 aromatic heterocycles. The van der Waals surface area contributed by atoms with Crippen LogP contribution in [0.2, 0.25) is 0 Å². The van der Waals surface area contributed by atoms with E-state index in [9.17, 15) is 14.9 Å². The van der Waals surface area contributed by atoms with Gasteiger partial charge in [0.25, 0.3) is 5.91 Å². The van der Waals surface area contributed by atoms with Crippen LogP contribution in [0.15, 0.2) is 48.5 Å². The van der Waals surface area contributed by atoms with Crippen molar-refractivity contribution in [2.24, 2.45) is 0 Å². The maximum absolute atomic E-state index is 12.8. The first-order chi connectivity index (χ1) is 12.1. The zero-order valence-corrected chi connectivity index (χ0v) is 14.5. The van der Waals surface area contributed by atoms with Crippen molar-refractivity contribution in [3.8, 4) is 5.75 Å². The van der Waals surface area contributed by atoms with Crippen LogP contribution in [0, 0.1) is 10.1 Å². The summed E-state index contributed by atoms with van der Waals surface area (Å²) >= 11 is 0. The average Bonchev–Trinajstić information content (AvgIpc) is 2.62. The zero-order valence-electron chi connectivity index (χ0n) is 14.5. The second-order valence-corrected chi connectivity index (χ2v) is 5.58. The number of benzene rings is 2. The number of ether oxygens (including phenoxy) is 1. The van der Waals surface area contributed by atoms with Crippen LogP contribution < -0.4 is 4.74 Å². The molecule has 6 heteroatoms. The highest BCUT2D eigenvalue weighted by atomic mass is 16.6. The molecule has 0 saturated heterocycles. The molecule has 132 valence electrons. The van der Waals surface area contributed by atoms with E-state index >= 15 is 0 Å². The molecule has 0 N–H and O–H groups in total. The van der Waals surface area contributed by atoms with Crippen LogP contribution in [0.3, 0.4) is 0 Å². The van der Waals surface area contributed by atoms with Gasteiger partial charge in [0.05, 0.1) is 11.5 Å². The van der Waals surface area contributed by atoms with E-state index in [0.29, 0.717) is 25.3 Å². The Hall–Kier alpha value is -2.89. The fourth-order valence-electron chi connectivity index (χ4n) is 2.58. The van der Waals surface area contributed by atoms with Crippen molar-refractivity contribution in [1.29, 1.82) is 0 Å². The standard InChI is InChI=1S/C19H22N2O4/c1-3-12-20(14-15-8-6-5-7-9-15)19(22)16-10-11-18(25-4-2)17(13-16)21(23)24/h5-11,13H,3-4,12,14H2,1-2H3. The van der Waals surface area contributed by atoms with E-state index in [1.54, 1.807) is 17.9 Å². The van der Waals surface area contributed by atoms with Crippen LogP contribution in [-0.4, -0.2) is 28.9 Å². The van der Waals surface area contributed by atoms with Gasteiger partial charge in [0.1, 0.15) is 0 Å². The van der Waals surface area contributed by atoms with Gasteiger partial charge >= 0.3 is 5.69 Å². The third kappa shape index (κ3) is 4.79. The van der Waals surface area contributed by atoms with E-state index in [1.165, 1.54) is 12.1 Å². The molecule has 0 spiro atoms. The summed E-state index contributed by atoms with van der Waals surface area (Å²) in [6.07, 6.45) is 0.803. The average molecular weight is 342 g/mol. The predicted octanol–water partition coefficient (Wildman–Crippen LogP) is 4.05. The number of carbonyl (C=O) groups excluding carboxylic acids is 1. The highest BCUT2D eigenvalue weighted by molar-refractivity contribution is 5.95. The SMILES string of the molecule is CCCN(Cc1ccccc1)C(=O)c1ccc(OCC)c([N+](=O)[O-])c1. The van der Waals surface area contributed by atoms with Crippen LogP contribution in [0.25, 0.3) is 0 Å². The van der Waals surface area contributed by atoms with Crippen LogP contribution in [0.1, 0.15) is 36.2 Å². The minimum atomic E-state index is -0.525. The van der Waals surface area contributed by atoms with Crippen LogP contribution in [-0.2, 0) is 6.54 Å². The molecule has 2 rings (SSSR count). The van der Waals surface area contributed by atoms with E-state index < -0.39 is 4.92 Å². The first kappa shape index (κ1) is 18.4. The molecule has 0 saturated carbocycles. The fourth-order valence-corrected chi connectivity index (χ4v) is 2.58. The van der Waals surface area contributed by atoms with Gasteiger partial charge in [-0.25, -0.2) is 0 Å². The summed E-state index contributed by atoms with van der Waals surface area (Å²) in [6.45, 7) is 5.12. The van der Waals surface area contributed by atoms with Gasteiger partial charge in [-0.15, -0.1) is 0 Å². The molecule has 0 bridgehead atoms. The lowest BCUT2D eigenvalue weighted by Gasteiger charge is -2.22. The molecule has 0 aliphatic heterocycles. The third-order valence-electron chi connectivity index (χ3n) is 3.70. The Labute approximate surface area is 147 Å². The summed E-state index contributed by atoms with van der Waals surface area (Å²) in [5.74, 6) is -0.0500. The minimum absolute atomic E-state index is 0.175. The van der Waals surface area contributed by atoms with Gasteiger partial charge < -0.3 is 9.64 Å². The second kappa shape index (κ2) is 8.82. The van der Waals surface area contributed by atoms with Gasteiger partial charge in [-0.1, -0.05) is 37.3 Å². The fraction of sp³-hybridized carbons (Fsp3) is 0.316. The Bertz CT molecular complexity index is 731. The van der Waals surface area contributed by atoms with Crippen molar-refractivity contribution >= 4 is 11.6 Å². The largest absolute Gasteiger partial charge is 0.487 e. The molecule has 25 heavy (non-hydrogen) atoms. The Morgan fingerprint density at radius 1 is 1.16 bits per heavy atom. The smallest absolute Gasteiger partial charge is 0.311 e. The first-order valence-corrected chi connectivity index (χ1v) is 8.31. The topological polar surface area (TPSA) is 72.7 Å². The Balaban J connectivity index is 2.29. The van der Waals surface area contributed by atoms with Crippen molar-refractivity contribution in [2.45, 2.75) is 26.8 Å². The normalized spacial score (nSPS) is 10.3. The summed E-state index contributed by atoms with van der Waals surface area (Å²) in [7, 11) is 0. The van der Waals surface area contributed by atoms with Gasteiger partial charge in [-0.2, -0.15) is 0 Å². The van der Waals surface area contributed by atoms with Gasteiger partial charge in [0.15, 0.2) is 5.75 Å². The van der Waals surface area contributed by atoms with Crippen LogP contribution in [0.4, 0.5) is 5.69 Å². The first-order valence-electron chi connectivity index (χ1n) is 8.31. The summed E-state index contributed by atoms with van der Waals surface area (Å²) in [5, 5.41) is 11.3. The molecule has 6 nitrogen and oxygen atoms in total. The number of nitro benzene ring substituents is 1. The van der Waals surface area contributed by atoms with Gasteiger partial charge in [-0.05, 0) is 31.0 Å². The Kier molecular flexibility index (Phi) is 6.51. The highest BCUT2D eigenvalue weighted by Crippen LogP contribution is 2.28. The molecule has 0 unspecified atom stereocenters. The predicted molar refractivity (Wildman–Crippen MR) is 95.7 cm³/mol. The van der Waals surface area contributed by atoms with E-state index in [0.717, 1.165) is 12.0 Å². The third-order valence-corrected chi connectivity index (χ3v) is 3.70. The summed E-state index contributed by atoms with van der Waals surface area (Å²) in [5.41, 5.74) is 1.12. The second-order valence-electron chi connectivity index (χ2n) is 5.58.